The van der Waals surface area contributed by atoms with Gasteiger partial charge in [0.25, 0.3) is 5.91 Å². The molecule has 0 aliphatic carbocycles. The summed E-state index contributed by atoms with van der Waals surface area (Å²) < 4.78 is 12.4. The van der Waals surface area contributed by atoms with E-state index in [1.54, 1.807) is 48.2 Å². The van der Waals surface area contributed by atoms with E-state index in [1.165, 1.54) is 0 Å². The average molecular weight is 459 g/mol. The average Bonchev–Trinajstić information content (AvgIpc) is 3.52. The number of ether oxygens (including phenoxy) is 1. The summed E-state index contributed by atoms with van der Waals surface area (Å²) in [6.45, 7) is 0.255. The van der Waals surface area contributed by atoms with Crippen LogP contribution in [-0.4, -0.2) is 27.6 Å². The first-order chi connectivity index (χ1) is 16.1. The Morgan fingerprint density at radius 1 is 1.06 bits per heavy atom. The van der Waals surface area contributed by atoms with Gasteiger partial charge in [-0.25, -0.2) is 9.50 Å². The molecule has 164 valence electrons. The smallest absolute Gasteiger partial charge is 0.270 e. The van der Waals surface area contributed by atoms with Crippen LogP contribution in [0.1, 0.15) is 16.2 Å². The molecule has 3 aromatic heterocycles. The fraction of sp³-hybridized carbons (Fsp3) is 0.0800. The van der Waals surface area contributed by atoms with Gasteiger partial charge >= 0.3 is 0 Å². The highest BCUT2D eigenvalue weighted by molar-refractivity contribution is 6.30. The van der Waals surface area contributed by atoms with Crippen molar-refractivity contribution in [3.8, 4) is 28.3 Å². The number of aromatic nitrogens is 3. The van der Waals surface area contributed by atoms with Crippen LogP contribution >= 0.6 is 11.6 Å². The second-order valence-corrected chi connectivity index (χ2v) is 7.73. The van der Waals surface area contributed by atoms with Gasteiger partial charge in [-0.2, -0.15) is 5.10 Å². The predicted octanol–water partition coefficient (Wildman–Crippen LogP) is 5.25. The molecule has 8 heteroatoms. The zero-order valence-electron chi connectivity index (χ0n) is 17.7. The molecule has 0 fully saturated rings. The summed E-state index contributed by atoms with van der Waals surface area (Å²) in [5.74, 6) is 1.01. The van der Waals surface area contributed by atoms with Gasteiger partial charge in [0, 0.05) is 22.2 Å². The van der Waals surface area contributed by atoms with Crippen molar-refractivity contribution in [1.29, 1.82) is 0 Å². The van der Waals surface area contributed by atoms with Gasteiger partial charge in [0.2, 0.25) is 0 Å². The largest absolute Gasteiger partial charge is 0.496 e. The summed E-state index contributed by atoms with van der Waals surface area (Å²) >= 11 is 6.03. The number of carbonyl (C=O) groups is 1. The SMILES string of the molecule is COc1ccccc1-c1cc(C(=O)NCc2ccco2)n2nc(-c3ccc(Cl)cc3)cc2n1. The summed E-state index contributed by atoms with van der Waals surface area (Å²) in [5.41, 5.74) is 3.80. The highest BCUT2D eigenvalue weighted by Gasteiger charge is 2.19. The number of furan rings is 1. The van der Waals surface area contributed by atoms with E-state index < -0.39 is 0 Å². The fourth-order valence-corrected chi connectivity index (χ4v) is 3.69. The standard InChI is InChI=1S/C25H19ClN4O3/c1-32-23-7-3-2-6-19(23)21-13-22(25(31)27-15-18-5-4-12-33-18)30-24(28-21)14-20(29-30)16-8-10-17(26)11-9-16/h2-14H,15H2,1H3,(H,27,31). The number of benzene rings is 2. The molecular weight excluding hydrogens is 440 g/mol. The number of carbonyl (C=O) groups excluding carboxylic acids is 1. The fourth-order valence-electron chi connectivity index (χ4n) is 3.56. The Labute approximate surface area is 194 Å². The molecule has 0 radical (unpaired) electrons. The summed E-state index contributed by atoms with van der Waals surface area (Å²) in [7, 11) is 1.60. The number of methoxy groups -OCH3 is 1. The molecule has 5 rings (SSSR count). The lowest BCUT2D eigenvalue weighted by Gasteiger charge is -2.11. The van der Waals surface area contributed by atoms with Gasteiger partial charge in [-0.05, 0) is 42.5 Å². The molecule has 0 unspecified atom stereocenters. The minimum atomic E-state index is -0.305. The molecule has 2 aromatic carbocycles. The van der Waals surface area contributed by atoms with E-state index in [4.69, 9.17) is 25.7 Å². The molecule has 5 aromatic rings. The van der Waals surface area contributed by atoms with Crippen molar-refractivity contribution in [3.63, 3.8) is 0 Å². The Hall–Kier alpha value is -4.10. The van der Waals surface area contributed by atoms with Crippen molar-refractivity contribution >= 4 is 23.2 Å². The van der Waals surface area contributed by atoms with Gasteiger partial charge < -0.3 is 14.5 Å². The molecule has 0 aliphatic rings. The number of fused-ring (bicyclic) bond motifs is 1. The lowest BCUT2D eigenvalue weighted by atomic mass is 10.1. The van der Waals surface area contributed by atoms with Crippen LogP contribution < -0.4 is 10.1 Å². The monoisotopic (exact) mass is 458 g/mol. The quantitative estimate of drug-likeness (QED) is 0.376. The first kappa shape index (κ1) is 20.8. The Bertz CT molecular complexity index is 1430. The molecule has 0 bridgehead atoms. The van der Waals surface area contributed by atoms with Crippen LogP contribution in [-0.2, 0) is 6.54 Å². The van der Waals surface area contributed by atoms with Crippen LogP contribution in [0.4, 0.5) is 0 Å². The molecule has 0 aliphatic heterocycles. The molecule has 1 amide bonds. The van der Waals surface area contributed by atoms with Crippen molar-refractivity contribution in [2.75, 3.05) is 7.11 Å². The summed E-state index contributed by atoms with van der Waals surface area (Å²) in [5, 5.41) is 8.18. The topological polar surface area (TPSA) is 81.7 Å². The second-order valence-electron chi connectivity index (χ2n) is 7.30. The van der Waals surface area contributed by atoms with E-state index in [9.17, 15) is 4.79 Å². The Morgan fingerprint density at radius 2 is 1.88 bits per heavy atom. The van der Waals surface area contributed by atoms with Gasteiger partial charge in [0.05, 0.1) is 31.3 Å². The molecule has 0 saturated carbocycles. The number of nitrogens with one attached hydrogen (secondary N) is 1. The van der Waals surface area contributed by atoms with E-state index in [2.05, 4.69) is 10.4 Å². The molecule has 1 N–H and O–H groups in total. The van der Waals surface area contributed by atoms with Gasteiger partial charge in [0.15, 0.2) is 5.65 Å². The third-order valence-electron chi connectivity index (χ3n) is 5.19. The number of rotatable bonds is 6. The van der Waals surface area contributed by atoms with Crippen molar-refractivity contribution in [3.05, 3.63) is 95.5 Å². The molecule has 0 saturated heterocycles. The number of hydrogen-bond donors (Lipinski definition) is 1. The van der Waals surface area contributed by atoms with Crippen LogP contribution in [0.25, 0.3) is 28.2 Å². The van der Waals surface area contributed by atoms with Crippen LogP contribution in [0.2, 0.25) is 5.02 Å². The molecule has 0 spiro atoms. The van der Waals surface area contributed by atoms with Crippen molar-refractivity contribution in [1.82, 2.24) is 19.9 Å². The van der Waals surface area contributed by atoms with E-state index in [-0.39, 0.29) is 12.5 Å². The highest BCUT2D eigenvalue weighted by atomic mass is 35.5. The van der Waals surface area contributed by atoms with Gasteiger partial charge in [-0.1, -0.05) is 35.9 Å². The minimum absolute atomic E-state index is 0.255. The molecule has 33 heavy (non-hydrogen) atoms. The molecular formula is C25H19ClN4O3. The van der Waals surface area contributed by atoms with E-state index >= 15 is 0 Å². The van der Waals surface area contributed by atoms with E-state index in [1.807, 2.05) is 42.5 Å². The lowest BCUT2D eigenvalue weighted by Crippen LogP contribution is -2.25. The van der Waals surface area contributed by atoms with E-state index in [0.29, 0.717) is 39.3 Å². The molecule has 0 atom stereocenters. The molecule has 3 heterocycles. The summed E-state index contributed by atoms with van der Waals surface area (Å²) in [6, 6.07) is 22.0. The number of halogens is 1. The number of nitrogens with zero attached hydrogens (tertiary/aromatic N) is 3. The molecule has 7 nitrogen and oxygen atoms in total. The van der Waals surface area contributed by atoms with E-state index in [0.717, 1.165) is 11.1 Å². The maximum absolute atomic E-state index is 13.2. The van der Waals surface area contributed by atoms with Crippen LogP contribution in [0.15, 0.2) is 83.5 Å². The van der Waals surface area contributed by atoms with Crippen molar-refractivity contribution in [2.24, 2.45) is 0 Å². The minimum Gasteiger partial charge on any atom is -0.496 e. The Balaban J connectivity index is 1.62. The maximum atomic E-state index is 13.2. The third kappa shape index (κ3) is 4.18. The second kappa shape index (κ2) is 8.80. The maximum Gasteiger partial charge on any atom is 0.270 e. The lowest BCUT2D eigenvalue weighted by molar-refractivity contribution is 0.0940. The van der Waals surface area contributed by atoms with Gasteiger partial charge in [-0.15, -0.1) is 0 Å². The Kier molecular flexibility index (Phi) is 5.54. The predicted molar refractivity (Wildman–Crippen MR) is 125 cm³/mol. The van der Waals surface area contributed by atoms with Crippen LogP contribution in [0.5, 0.6) is 5.75 Å². The summed E-state index contributed by atoms with van der Waals surface area (Å²) in [6.07, 6.45) is 1.57. The first-order valence-corrected chi connectivity index (χ1v) is 10.6. The zero-order chi connectivity index (χ0) is 22.8. The van der Waals surface area contributed by atoms with Crippen molar-refractivity contribution < 1.29 is 13.9 Å². The Morgan fingerprint density at radius 3 is 2.64 bits per heavy atom. The first-order valence-electron chi connectivity index (χ1n) is 10.2. The van der Waals surface area contributed by atoms with Gasteiger partial charge in [0.1, 0.15) is 17.2 Å². The summed E-state index contributed by atoms with van der Waals surface area (Å²) in [4.78, 5) is 18.0. The van der Waals surface area contributed by atoms with Crippen LogP contribution in [0.3, 0.4) is 0 Å². The number of para-hydroxylation sites is 1. The number of hydrogen-bond acceptors (Lipinski definition) is 5. The van der Waals surface area contributed by atoms with Gasteiger partial charge in [-0.3, -0.25) is 4.79 Å². The van der Waals surface area contributed by atoms with Crippen LogP contribution in [0, 0.1) is 0 Å². The highest BCUT2D eigenvalue weighted by Crippen LogP contribution is 2.30. The van der Waals surface area contributed by atoms with Crippen molar-refractivity contribution in [2.45, 2.75) is 6.54 Å². The number of amides is 1. The third-order valence-corrected chi connectivity index (χ3v) is 5.44. The zero-order valence-corrected chi connectivity index (χ0v) is 18.4. The normalized spacial score (nSPS) is 11.0.